The molecule has 0 bridgehead atoms. The van der Waals surface area contributed by atoms with E-state index in [0.717, 1.165) is 24.2 Å². The maximum Gasteiger partial charge on any atom is 0.251 e. The summed E-state index contributed by atoms with van der Waals surface area (Å²) < 4.78 is 5.76. The van der Waals surface area contributed by atoms with Crippen LogP contribution in [-0.4, -0.2) is 61.1 Å². The zero-order valence-corrected chi connectivity index (χ0v) is 17.9. The first-order valence-corrected chi connectivity index (χ1v) is 10.5. The van der Waals surface area contributed by atoms with Crippen LogP contribution < -0.4 is 10.6 Å². The zero-order chi connectivity index (χ0) is 21.5. The summed E-state index contributed by atoms with van der Waals surface area (Å²) in [5.41, 5.74) is 2.68. The molecule has 1 heterocycles. The van der Waals surface area contributed by atoms with Crippen molar-refractivity contribution in [2.45, 2.75) is 39.0 Å². The van der Waals surface area contributed by atoms with Gasteiger partial charge in [-0.2, -0.15) is 0 Å². The quantitative estimate of drug-likeness (QED) is 0.738. The first-order chi connectivity index (χ1) is 14.4. The Morgan fingerprint density at radius 1 is 0.967 bits per heavy atom. The summed E-state index contributed by atoms with van der Waals surface area (Å²) in [4.78, 5) is 26.8. The largest absolute Gasteiger partial charge is 0.373 e. The van der Waals surface area contributed by atoms with Crippen molar-refractivity contribution in [3.63, 3.8) is 0 Å². The van der Waals surface area contributed by atoms with Crippen LogP contribution >= 0.6 is 0 Å². The second kappa shape index (κ2) is 10.4. The minimum atomic E-state index is -0.256. The molecular formula is C24H31N3O3. The van der Waals surface area contributed by atoms with Crippen LogP contribution in [0.2, 0.25) is 0 Å². The van der Waals surface area contributed by atoms with E-state index >= 15 is 0 Å². The van der Waals surface area contributed by atoms with Gasteiger partial charge in [-0.3, -0.25) is 14.5 Å². The fourth-order valence-corrected chi connectivity index (χ4v) is 3.74. The maximum atomic E-state index is 12.3. The van der Waals surface area contributed by atoms with Crippen molar-refractivity contribution in [2.24, 2.45) is 0 Å². The van der Waals surface area contributed by atoms with Gasteiger partial charge in [0.1, 0.15) is 0 Å². The van der Waals surface area contributed by atoms with Gasteiger partial charge >= 0.3 is 0 Å². The molecule has 6 nitrogen and oxygen atoms in total. The predicted octanol–water partition coefficient (Wildman–Crippen LogP) is 2.70. The molecule has 2 aromatic rings. The number of amides is 2. The molecule has 0 aliphatic carbocycles. The molecule has 30 heavy (non-hydrogen) atoms. The Morgan fingerprint density at radius 2 is 1.57 bits per heavy atom. The first kappa shape index (κ1) is 22.0. The third-order valence-corrected chi connectivity index (χ3v) is 5.33. The maximum absolute atomic E-state index is 12.3. The summed E-state index contributed by atoms with van der Waals surface area (Å²) in [5.74, 6) is -0.445. The number of rotatable bonds is 7. The Kier molecular flexibility index (Phi) is 7.60. The SMILES string of the molecule is CC1CN(C(C)CNC(=O)CNC(=O)c2ccc(-c3ccccc3)cc2)CC(C)O1. The van der Waals surface area contributed by atoms with Gasteiger partial charge in [0.05, 0.1) is 18.8 Å². The number of carbonyl (C=O) groups is 2. The molecule has 3 rings (SSSR count). The highest BCUT2D eigenvalue weighted by Crippen LogP contribution is 2.19. The second-order valence-corrected chi connectivity index (χ2v) is 7.99. The second-order valence-electron chi connectivity index (χ2n) is 7.99. The Hall–Kier alpha value is -2.70. The van der Waals surface area contributed by atoms with E-state index in [9.17, 15) is 9.59 Å². The van der Waals surface area contributed by atoms with Crippen LogP contribution in [0.1, 0.15) is 31.1 Å². The molecule has 1 aliphatic heterocycles. The molecule has 3 atom stereocenters. The van der Waals surface area contributed by atoms with Gasteiger partial charge < -0.3 is 15.4 Å². The molecule has 0 saturated carbocycles. The monoisotopic (exact) mass is 409 g/mol. The smallest absolute Gasteiger partial charge is 0.251 e. The molecule has 1 aliphatic rings. The molecule has 2 aromatic carbocycles. The standard InChI is InChI=1S/C24H31N3O3/c1-17(27-15-18(2)30-19(3)16-27)13-25-23(28)14-26-24(29)22-11-9-21(10-12-22)20-7-5-4-6-8-20/h4-12,17-19H,13-16H2,1-3H3,(H,25,28)(H,26,29). The molecule has 6 heteroatoms. The Morgan fingerprint density at radius 3 is 2.20 bits per heavy atom. The lowest BCUT2D eigenvalue weighted by Crippen LogP contribution is -2.52. The topological polar surface area (TPSA) is 70.7 Å². The lowest BCUT2D eigenvalue weighted by molar-refractivity contribution is -0.120. The minimum absolute atomic E-state index is 0.0398. The van der Waals surface area contributed by atoms with E-state index in [4.69, 9.17) is 4.74 Å². The van der Waals surface area contributed by atoms with Gasteiger partial charge in [0.2, 0.25) is 5.91 Å². The summed E-state index contributed by atoms with van der Waals surface area (Å²) in [5, 5.41) is 5.60. The number of morpholine rings is 1. The Balaban J connectivity index is 1.42. The molecule has 160 valence electrons. The highest BCUT2D eigenvalue weighted by atomic mass is 16.5. The van der Waals surface area contributed by atoms with E-state index in [1.165, 1.54) is 0 Å². The van der Waals surface area contributed by atoms with Crippen molar-refractivity contribution in [3.8, 4) is 11.1 Å². The third kappa shape index (κ3) is 6.15. The number of benzene rings is 2. The molecule has 0 spiro atoms. The average Bonchev–Trinajstić information content (AvgIpc) is 2.75. The van der Waals surface area contributed by atoms with E-state index in [2.05, 4.69) is 36.3 Å². The van der Waals surface area contributed by atoms with Gasteiger partial charge in [-0.25, -0.2) is 0 Å². The van der Waals surface area contributed by atoms with Crippen molar-refractivity contribution in [1.29, 1.82) is 0 Å². The van der Waals surface area contributed by atoms with Crippen LogP contribution in [0.25, 0.3) is 11.1 Å². The average molecular weight is 410 g/mol. The fraction of sp³-hybridized carbons (Fsp3) is 0.417. The summed E-state index contributed by atoms with van der Waals surface area (Å²) in [6.45, 7) is 8.44. The van der Waals surface area contributed by atoms with Crippen LogP contribution in [0.15, 0.2) is 54.6 Å². The molecule has 1 saturated heterocycles. The predicted molar refractivity (Wildman–Crippen MR) is 118 cm³/mol. The van der Waals surface area contributed by atoms with Gasteiger partial charge in [-0.1, -0.05) is 42.5 Å². The van der Waals surface area contributed by atoms with E-state index in [1.54, 1.807) is 12.1 Å². The highest BCUT2D eigenvalue weighted by Gasteiger charge is 2.25. The van der Waals surface area contributed by atoms with Gasteiger partial charge in [0, 0.05) is 31.2 Å². The van der Waals surface area contributed by atoms with E-state index in [0.29, 0.717) is 12.1 Å². The van der Waals surface area contributed by atoms with Gasteiger partial charge in [0.15, 0.2) is 0 Å². The number of hydrogen-bond donors (Lipinski definition) is 2. The lowest BCUT2D eigenvalue weighted by Gasteiger charge is -2.39. The molecule has 2 N–H and O–H groups in total. The van der Waals surface area contributed by atoms with Crippen molar-refractivity contribution in [3.05, 3.63) is 60.2 Å². The summed E-state index contributed by atoms with van der Waals surface area (Å²) in [6.07, 6.45) is 0.388. The van der Waals surface area contributed by atoms with Crippen LogP contribution in [0, 0.1) is 0 Å². The first-order valence-electron chi connectivity index (χ1n) is 10.5. The van der Waals surface area contributed by atoms with Crippen molar-refractivity contribution < 1.29 is 14.3 Å². The van der Waals surface area contributed by atoms with Gasteiger partial charge in [-0.15, -0.1) is 0 Å². The number of nitrogens with one attached hydrogen (secondary N) is 2. The molecule has 2 amide bonds. The molecule has 0 aromatic heterocycles. The number of ether oxygens (including phenoxy) is 1. The van der Waals surface area contributed by atoms with E-state index in [-0.39, 0.29) is 36.6 Å². The van der Waals surface area contributed by atoms with Crippen LogP contribution in [-0.2, 0) is 9.53 Å². The molecular weight excluding hydrogens is 378 g/mol. The third-order valence-electron chi connectivity index (χ3n) is 5.33. The lowest BCUT2D eigenvalue weighted by atomic mass is 10.0. The number of hydrogen-bond acceptors (Lipinski definition) is 4. The van der Waals surface area contributed by atoms with Gasteiger partial charge in [-0.05, 0) is 44.0 Å². The van der Waals surface area contributed by atoms with Crippen molar-refractivity contribution >= 4 is 11.8 Å². The van der Waals surface area contributed by atoms with E-state index < -0.39 is 0 Å². The zero-order valence-electron chi connectivity index (χ0n) is 17.9. The summed E-state index contributed by atoms with van der Waals surface area (Å²) >= 11 is 0. The van der Waals surface area contributed by atoms with E-state index in [1.807, 2.05) is 42.5 Å². The molecule has 3 unspecified atom stereocenters. The molecule has 1 fully saturated rings. The van der Waals surface area contributed by atoms with Crippen molar-refractivity contribution in [1.82, 2.24) is 15.5 Å². The fourth-order valence-electron chi connectivity index (χ4n) is 3.74. The Labute approximate surface area is 178 Å². The number of nitrogens with zero attached hydrogens (tertiary/aromatic N) is 1. The van der Waals surface area contributed by atoms with Gasteiger partial charge in [0.25, 0.3) is 5.91 Å². The Bertz CT molecular complexity index is 829. The van der Waals surface area contributed by atoms with Crippen LogP contribution in [0.3, 0.4) is 0 Å². The number of carbonyl (C=O) groups excluding carboxylic acids is 2. The highest BCUT2D eigenvalue weighted by molar-refractivity contribution is 5.96. The minimum Gasteiger partial charge on any atom is -0.373 e. The van der Waals surface area contributed by atoms with Crippen LogP contribution in [0.4, 0.5) is 0 Å². The molecule has 0 radical (unpaired) electrons. The summed E-state index contributed by atoms with van der Waals surface area (Å²) in [7, 11) is 0. The van der Waals surface area contributed by atoms with Crippen LogP contribution in [0.5, 0.6) is 0 Å². The normalized spacial score (nSPS) is 20.4. The van der Waals surface area contributed by atoms with Crippen molar-refractivity contribution in [2.75, 3.05) is 26.2 Å². The summed E-state index contributed by atoms with van der Waals surface area (Å²) in [6, 6.07) is 17.6.